The summed E-state index contributed by atoms with van der Waals surface area (Å²) in [4.78, 5) is 37.6. The highest BCUT2D eigenvalue weighted by Gasteiger charge is 2.47. The van der Waals surface area contributed by atoms with Crippen molar-refractivity contribution in [1.29, 1.82) is 0 Å². The van der Waals surface area contributed by atoms with E-state index in [4.69, 9.17) is 9.84 Å². The van der Waals surface area contributed by atoms with Crippen LogP contribution >= 0.6 is 11.3 Å². The Morgan fingerprint density at radius 3 is 2.33 bits per heavy atom. The van der Waals surface area contributed by atoms with Crippen LogP contribution in [0.15, 0.2) is 84.9 Å². The van der Waals surface area contributed by atoms with Crippen LogP contribution in [0.5, 0.6) is 5.75 Å². The predicted octanol–water partition coefficient (Wildman–Crippen LogP) is 5.81. The molecule has 2 N–H and O–H groups in total. The summed E-state index contributed by atoms with van der Waals surface area (Å²) in [6, 6.07) is 26.5. The molecule has 1 aliphatic rings. The molecule has 3 aromatic carbocycles. The van der Waals surface area contributed by atoms with E-state index >= 15 is 0 Å². The fourth-order valence-electron chi connectivity index (χ4n) is 5.58. The van der Waals surface area contributed by atoms with E-state index in [1.807, 2.05) is 78.2 Å². The van der Waals surface area contributed by atoms with Crippen LogP contribution in [0.3, 0.4) is 0 Å². The zero-order valence-electron chi connectivity index (χ0n) is 20.9. The summed E-state index contributed by atoms with van der Waals surface area (Å²) < 4.78 is 7.38. The summed E-state index contributed by atoms with van der Waals surface area (Å²) in [5.74, 6) is -1.94. The summed E-state index contributed by atoms with van der Waals surface area (Å²) in [6.07, 6.45) is 0. The molecule has 5 aromatic rings. The normalized spacial score (nSPS) is 16.1. The fourth-order valence-corrected chi connectivity index (χ4v) is 6.63. The van der Waals surface area contributed by atoms with E-state index in [0.717, 1.165) is 38.9 Å². The van der Waals surface area contributed by atoms with E-state index in [-0.39, 0.29) is 10.7 Å². The summed E-state index contributed by atoms with van der Waals surface area (Å²) in [7, 11) is 0. The first-order chi connectivity index (χ1) is 18.8. The standard InChI is InChI=1S/C31H23NO6S/c1-31(19-11-13-20(14-12-19)38-17-25(33)34)22-15-24(30(36)37)39-29(22)28(35)27-26(31)21-9-5-6-10-23(21)32(27)16-18-7-3-2-4-8-18/h2-15H,16-17H2,1H3,(H,33,34)(H,36,37). The van der Waals surface area contributed by atoms with E-state index < -0.39 is 24.0 Å². The number of aromatic carboxylic acids is 1. The molecule has 0 spiro atoms. The number of carbonyl (C=O) groups is 3. The van der Waals surface area contributed by atoms with Crippen LogP contribution in [0, 0.1) is 0 Å². The summed E-state index contributed by atoms with van der Waals surface area (Å²) in [6.45, 7) is 2.04. The minimum Gasteiger partial charge on any atom is -0.482 e. The highest BCUT2D eigenvalue weighted by atomic mass is 32.1. The van der Waals surface area contributed by atoms with Gasteiger partial charge in [0.25, 0.3) is 0 Å². The van der Waals surface area contributed by atoms with Gasteiger partial charge in [-0.05, 0) is 47.9 Å². The van der Waals surface area contributed by atoms with Crippen LogP contribution in [0.25, 0.3) is 10.9 Å². The molecule has 0 bridgehead atoms. The van der Waals surface area contributed by atoms with Gasteiger partial charge in [-0.2, -0.15) is 0 Å². The second-order valence-corrected chi connectivity index (χ2v) is 10.7. The van der Waals surface area contributed by atoms with Crippen molar-refractivity contribution in [1.82, 2.24) is 4.57 Å². The van der Waals surface area contributed by atoms with Crippen LogP contribution in [0.1, 0.15) is 54.2 Å². The lowest BCUT2D eigenvalue weighted by atomic mass is 9.66. The van der Waals surface area contributed by atoms with E-state index in [1.54, 1.807) is 18.2 Å². The first-order valence-corrected chi connectivity index (χ1v) is 13.1. The minimum atomic E-state index is -1.08. The second kappa shape index (κ2) is 9.25. The zero-order valence-corrected chi connectivity index (χ0v) is 21.7. The Labute approximate surface area is 227 Å². The third kappa shape index (κ3) is 3.92. The predicted molar refractivity (Wildman–Crippen MR) is 147 cm³/mol. The molecule has 0 saturated carbocycles. The number of rotatable bonds is 7. The molecule has 1 unspecified atom stereocenters. The number of thiophene rings is 1. The number of ether oxygens (including phenoxy) is 1. The molecule has 0 fully saturated rings. The average molecular weight is 538 g/mol. The zero-order chi connectivity index (χ0) is 27.3. The van der Waals surface area contributed by atoms with Crippen molar-refractivity contribution < 1.29 is 29.3 Å². The number of hydrogen-bond acceptors (Lipinski definition) is 5. The van der Waals surface area contributed by atoms with Crippen molar-refractivity contribution in [2.24, 2.45) is 0 Å². The van der Waals surface area contributed by atoms with Gasteiger partial charge in [0.05, 0.1) is 10.6 Å². The van der Waals surface area contributed by atoms with Gasteiger partial charge in [-0.3, -0.25) is 4.79 Å². The molecule has 0 radical (unpaired) electrons. The molecule has 7 nitrogen and oxygen atoms in total. The molecule has 0 aliphatic heterocycles. The SMILES string of the molecule is CC1(c2ccc(OCC(=O)O)cc2)c2cc(C(=O)O)sc2C(=O)c2c1c1ccccc1n2Cc1ccccc1. The van der Waals surface area contributed by atoms with Gasteiger partial charge in [-0.25, -0.2) is 9.59 Å². The molecule has 194 valence electrons. The van der Waals surface area contributed by atoms with Crippen molar-refractivity contribution in [3.8, 4) is 5.75 Å². The lowest BCUT2D eigenvalue weighted by molar-refractivity contribution is -0.139. The molecule has 0 saturated heterocycles. The van der Waals surface area contributed by atoms with Crippen molar-refractivity contribution >= 4 is 40.0 Å². The van der Waals surface area contributed by atoms with Gasteiger partial charge < -0.3 is 19.5 Å². The van der Waals surface area contributed by atoms with E-state index in [1.165, 1.54) is 0 Å². The third-order valence-electron chi connectivity index (χ3n) is 7.35. The number of carboxylic acids is 2. The number of carboxylic acid groups (broad SMARTS) is 2. The Morgan fingerprint density at radius 2 is 1.64 bits per heavy atom. The van der Waals surface area contributed by atoms with Gasteiger partial charge in [0.1, 0.15) is 10.6 Å². The first kappa shape index (κ1) is 24.6. The largest absolute Gasteiger partial charge is 0.482 e. The van der Waals surface area contributed by atoms with Crippen LogP contribution in [-0.2, 0) is 16.8 Å². The van der Waals surface area contributed by atoms with Gasteiger partial charge in [0.15, 0.2) is 6.61 Å². The van der Waals surface area contributed by atoms with Gasteiger partial charge in [-0.15, -0.1) is 11.3 Å². The van der Waals surface area contributed by atoms with Gasteiger partial charge in [-0.1, -0.05) is 60.7 Å². The quantitative estimate of drug-likeness (QED) is 0.271. The highest BCUT2D eigenvalue weighted by molar-refractivity contribution is 7.16. The van der Waals surface area contributed by atoms with Gasteiger partial charge in [0, 0.05) is 28.4 Å². The van der Waals surface area contributed by atoms with Gasteiger partial charge >= 0.3 is 11.9 Å². The molecule has 6 rings (SSSR count). The lowest BCUT2D eigenvalue weighted by Gasteiger charge is -2.35. The van der Waals surface area contributed by atoms with Crippen molar-refractivity contribution in [2.45, 2.75) is 18.9 Å². The number of hydrogen-bond donors (Lipinski definition) is 2. The third-order valence-corrected chi connectivity index (χ3v) is 8.47. The Balaban J connectivity index is 1.62. The topological polar surface area (TPSA) is 106 Å². The second-order valence-electron chi connectivity index (χ2n) is 9.63. The van der Waals surface area contributed by atoms with Crippen molar-refractivity contribution in [2.75, 3.05) is 6.61 Å². The van der Waals surface area contributed by atoms with Crippen LogP contribution in [0.4, 0.5) is 0 Å². The maximum atomic E-state index is 14.2. The smallest absolute Gasteiger partial charge is 0.345 e. The number of benzene rings is 3. The molecule has 2 aromatic heterocycles. The molecular formula is C31H23NO6S. The first-order valence-electron chi connectivity index (χ1n) is 12.3. The summed E-state index contributed by atoms with van der Waals surface area (Å²) in [5, 5.41) is 19.7. The Morgan fingerprint density at radius 1 is 0.949 bits per heavy atom. The number of aromatic nitrogens is 1. The molecule has 1 aliphatic carbocycles. The minimum absolute atomic E-state index is 0.102. The number of nitrogens with zero attached hydrogens (tertiary/aromatic N) is 1. The van der Waals surface area contributed by atoms with Crippen LogP contribution < -0.4 is 4.74 Å². The molecule has 1 atom stereocenters. The summed E-state index contributed by atoms with van der Waals surface area (Å²) in [5.41, 5.74) is 3.93. The Hall–Kier alpha value is -4.69. The lowest BCUT2D eigenvalue weighted by Crippen LogP contribution is -2.33. The molecular weight excluding hydrogens is 514 g/mol. The van der Waals surface area contributed by atoms with E-state index in [2.05, 4.69) is 0 Å². The number of fused-ring (bicyclic) bond motifs is 4. The van der Waals surface area contributed by atoms with E-state index in [0.29, 0.717) is 28.4 Å². The van der Waals surface area contributed by atoms with E-state index in [9.17, 15) is 19.5 Å². The van der Waals surface area contributed by atoms with Crippen LogP contribution in [0.2, 0.25) is 0 Å². The molecule has 39 heavy (non-hydrogen) atoms. The Kier molecular flexibility index (Phi) is 5.84. The number of para-hydroxylation sites is 1. The maximum Gasteiger partial charge on any atom is 0.345 e. The Bertz CT molecular complexity index is 1770. The number of carbonyl (C=O) groups excluding carboxylic acids is 1. The number of ketones is 1. The monoisotopic (exact) mass is 537 g/mol. The van der Waals surface area contributed by atoms with Crippen molar-refractivity contribution in [3.63, 3.8) is 0 Å². The van der Waals surface area contributed by atoms with Gasteiger partial charge in [0.2, 0.25) is 5.78 Å². The fraction of sp³-hybridized carbons (Fsp3) is 0.129. The highest BCUT2D eigenvalue weighted by Crippen LogP contribution is 2.52. The average Bonchev–Trinajstić information content (AvgIpc) is 3.54. The summed E-state index contributed by atoms with van der Waals surface area (Å²) >= 11 is 0.999. The van der Waals surface area contributed by atoms with Crippen molar-refractivity contribution in [3.05, 3.63) is 123 Å². The maximum absolute atomic E-state index is 14.2. The van der Waals surface area contributed by atoms with Crippen LogP contribution in [-0.4, -0.2) is 39.1 Å². The molecule has 0 amide bonds. The molecule has 2 heterocycles. The molecule has 8 heteroatoms. The number of aliphatic carboxylic acids is 1.